The van der Waals surface area contributed by atoms with E-state index < -0.39 is 0 Å². The Morgan fingerprint density at radius 2 is 1.72 bits per heavy atom. The van der Waals surface area contributed by atoms with Crippen molar-refractivity contribution in [3.05, 3.63) is 70.6 Å². The molecule has 0 bridgehead atoms. The van der Waals surface area contributed by atoms with Gasteiger partial charge in [0.1, 0.15) is 5.71 Å². The van der Waals surface area contributed by atoms with Crippen molar-refractivity contribution in [3.63, 3.8) is 0 Å². The summed E-state index contributed by atoms with van der Waals surface area (Å²) < 4.78 is 6.05. The second kappa shape index (κ2) is 4.42. The van der Waals surface area contributed by atoms with Crippen molar-refractivity contribution in [1.29, 1.82) is 5.41 Å². The zero-order valence-electron chi connectivity index (χ0n) is 9.48. The number of fused-ring (bicyclic) bond motifs is 1. The maximum absolute atomic E-state index is 8.14. The van der Waals surface area contributed by atoms with Crippen molar-refractivity contribution in [3.8, 4) is 0 Å². The Kier molecular flexibility index (Phi) is 2.76. The van der Waals surface area contributed by atoms with Gasteiger partial charge in [-0.1, -0.05) is 36.4 Å². The van der Waals surface area contributed by atoms with Gasteiger partial charge in [0.15, 0.2) is 10.4 Å². The van der Waals surface area contributed by atoms with Gasteiger partial charge in [0, 0.05) is 5.56 Å². The van der Waals surface area contributed by atoms with Crippen LogP contribution in [0.3, 0.4) is 0 Å². The summed E-state index contributed by atoms with van der Waals surface area (Å²) in [7, 11) is 0. The molecular weight excluding hydrogens is 290 g/mol. The molecule has 2 nitrogen and oxygen atoms in total. The lowest BCUT2D eigenvalue weighted by atomic mass is 10.0. The second-order valence-corrected chi connectivity index (χ2v) is 4.82. The van der Waals surface area contributed by atoms with Crippen LogP contribution in [-0.4, -0.2) is 5.71 Å². The Hall–Kier alpha value is -1.87. The fourth-order valence-corrected chi connectivity index (χ4v) is 2.24. The van der Waals surface area contributed by atoms with E-state index in [2.05, 4.69) is 22.0 Å². The summed E-state index contributed by atoms with van der Waals surface area (Å²) in [6, 6.07) is 17.7. The third-order valence-corrected chi connectivity index (χ3v) is 3.28. The first-order chi connectivity index (χ1) is 8.74. The summed E-state index contributed by atoms with van der Waals surface area (Å²) in [5.41, 5.74) is 1.25. The summed E-state index contributed by atoms with van der Waals surface area (Å²) in [6.45, 7) is 0. The van der Waals surface area contributed by atoms with Gasteiger partial charge < -0.3 is 4.42 Å². The molecule has 3 aromatic rings. The number of benzene rings is 2. The highest BCUT2D eigenvalue weighted by Gasteiger charge is 2.09. The van der Waals surface area contributed by atoms with E-state index in [1.165, 1.54) is 5.39 Å². The second-order valence-electron chi connectivity index (χ2n) is 4.04. The van der Waals surface area contributed by atoms with Gasteiger partial charge in [0.2, 0.25) is 0 Å². The molecule has 0 aliphatic rings. The van der Waals surface area contributed by atoms with Crippen LogP contribution in [0.4, 0.5) is 0 Å². The highest BCUT2D eigenvalue weighted by atomic mass is 79.9. The molecule has 1 aromatic heterocycles. The Morgan fingerprint density at radius 1 is 0.944 bits per heavy atom. The van der Waals surface area contributed by atoms with E-state index >= 15 is 0 Å². The van der Waals surface area contributed by atoms with E-state index in [0.717, 1.165) is 10.9 Å². The molecule has 0 spiro atoms. The largest absolute Gasteiger partial charge is 0.448 e. The van der Waals surface area contributed by atoms with Crippen molar-refractivity contribution in [1.82, 2.24) is 0 Å². The van der Waals surface area contributed by atoms with Gasteiger partial charge in [0.25, 0.3) is 0 Å². The minimum Gasteiger partial charge on any atom is -0.448 e. The average molecular weight is 300 g/mol. The highest BCUT2D eigenvalue weighted by molar-refractivity contribution is 9.10. The lowest BCUT2D eigenvalue weighted by Crippen LogP contribution is -1.99. The van der Waals surface area contributed by atoms with Crippen molar-refractivity contribution in [2.24, 2.45) is 0 Å². The van der Waals surface area contributed by atoms with Crippen molar-refractivity contribution < 1.29 is 4.42 Å². The first-order valence-electron chi connectivity index (χ1n) is 5.57. The van der Waals surface area contributed by atoms with Crippen LogP contribution in [0.15, 0.2) is 63.7 Å². The predicted octanol–water partition coefficient (Wildman–Crippen LogP) is 4.61. The summed E-state index contributed by atoms with van der Waals surface area (Å²) in [5.74, 6) is 0.567. The van der Waals surface area contributed by atoms with Crippen LogP contribution >= 0.6 is 15.9 Å². The predicted molar refractivity (Wildman–Crippen MR) is 76.3 cm³/mol. The van der Waals surface area contributed by atoms with Crippen molar-refractivity contribution >= 4 is 32.4 Å². The Balaban J connectivity index is 2.06. The first kappa shape index (κ1) is 11.2. The Bertz CT molecular complexity index is 730. The molecule has 0 aliphatic carbocycles. The third-order valence-electron chi connectivity index (χ3n) is 2.86. The number of halogens is 1. The van der Waals surface area contributed by atoms with Gasteiger partial charge in [-0.05, 0) is 44.9 Å². The standard InChI is InChI=1S/C15H10BrNO/c16-14-8-7-13(18-14)15(17)12-6-5-10-3-1-2-4-11(10)9-12/h1-9,17H. The number of nitrogens with one attached hydrogen (secondary N) is 1. The molecule has 88 valence electrons. The van der Waals surface area contributed by atoms with Crippen LogP contribution in [-0.2, 0) is 0 Å². The van der Waals surface area contributed by atoms with Gasteiger partial charge in [-0.3, -0.25) is 5.41 Å². The molecule has 18 heavy (non-hydrogen) atoms. The van der Waals surface area contributed by atoms with E-state index in [1.807, 2.05) is 36.4 Å². The van der Waals surface area contributed by atoms with Gasteiger partial charge in [-0.25, -0.2) is 0 Å². The quantitative estimate of drug-likeness (QED) is 0.689. The van der Waals surface area contributed by atoms with E-state index in [9.17, 15) is 0 Å². The molecule has 0 aliphatic heterocycles. The van der Waals surface area contributed by atoms with Crippen LogP contribution < -0.4 is 0 Å². The first-order valence-corrected chi connectivity index (χ1v) is 6.37. The molecular formula is C15H10BrNO. The van der Waals surface area contributed by atoms with Crippen LogP contribution in [0.1, 0.15) is 11.3 Å². The van der Waals surface area contributed by atoms with Gasteiger partial charge in [-0.2, -0.15) is 0 Å². The molecule has 1 heterocycles. The monoisotopic (exact) mass is 299 g/mol. The van der Waals surface area contributed by atoms with E-state index in [-0.39, 0.29) is 0 Å². The van der Waals surface area contributed by atoms with Gasteiger partial charge in [-0.15, -0.1) is 0 Å². The molecule has 2 aromatic carbocycles. The third kappa shape index (κ3) is 1.97. The zero-order valence-corrected chi connectivity index (χ0v) is 11.1. The molecule has 3 rings (SSSR count). The van der Waals surface area contributed by atoms with Crippen LogP contribution in [0.25, 0.3) is 10.8 Å². The minimum absolute atomic E-state index is 0.395. The van der Waals surface area contributed by atoms with E-state index in [1.54, 1.807) is 12.1 Å². The molecule has 0 radical (unpaired) electrons. The molecule has 0 atom stereocenters. The summed E-state index contributed by atoms with van der Waals surface area (Å²) in [6.07, 6.45) is 0. The topological polar surface area (TPSA) is 37.0 Å². The number of hydrogen-bond donors (Lipinski definition) is 1. The smallest absolute Gasteiger partial charge is 0.169 e. The van der Waals surface area contributed by atoms with Gasteiger partial charge >= 0.3 is 0 Å². The summed E-state index contributed by atoms with van der Waals surface area (Å²) >= 11 is 3.25. The van der Waals surface area contributed by atoms with Crippen LogP contribution in [0.5, 0.6) is 0 Å². The van der Waals surface area contributed by atoms with Crippen LogP contribution in [0, 0.1) is 5.41 Å². The van der Waals surface area contributed by atoms with E-state index in [0.29, 0.717) is 16.1 Å². The zero-order chi connectivity index (χ0) is 12.5. The SMILES string of the molecule is N=C(c1ccc2ccccc2c1)c1ccc(Br)o1. The average Bonchev–Trinajstić information content (AvgIpc) is 2.84. The number of hydrogen-bond acceptors (Lipinski definition) is 2. The fraction of sp³-hybridized carbons (Fsp3) is 0. The summed E-state index contributed by atoms with van der Waals surface area (Å²) in [5, 5.41) is 10.5. The minimum atomic E-state index is 0.395. The maximum atomic E-state index is 8.14. The summed E-state index contributed by atoms with van der Waals surface area (Å²) in [4.78, 5) is 0. The Morgan fingerprint density at radius 3 is 2.44 bits per heavy atom. The van der Waals surface area contributed by atoms with Crippen LogP contribution in [0.2, 0.25) is 0 Å². The number of furan rings is 1. The Labute approximate surface area is 113 Å². The lowest BCUT2D eigenvalue weighted by molar-refractivity contribution is 0.532. The molecule has 0 amide bonds. The fourth-order valence-electron chi connectivity index (χ4n) is 1.94. The lowest BCUT2D eigenvalue weighted by Gasteiger charge is -2.03. The van der Waals surface area contributed by atoms with Crippen molar-refractivity contribution in [2.45, 2.75) is 0 Å². The van der Waals surface area contributed by atoms with E-state index in [4.69, 9.17) is 9.83 Å². The maximum Gasteiger partial charge on any atom is 0.169 e. The molecule has 0 fully saturated rings. The van der Waals surface area contributed by atoms with Crippen molar-refractivity contribution in [2.75, 3.05) is 0 Å². The molecule has 1 N–H and O–H groups in total. The molecule has 3 heteroatoms. The van der Waals surface area contributed by atoms with Gasteiger partial charge in [0.05, 0.1) is 0 Å². The molecule has 0 saturated carbocycles. The number of rotatable bonds is 2. The molecule has 0 unspecified atom stereocenters. The highest BCUT2D eigenvalue weighted by Crippen LogP contribution is 2.20. The molecule has 0 saturated heterocycles. The normalized spacial score (nSPS) is 10.7.